The fourth-order valence-electron chi connectivity index (χ4n) is 1.59. The highest BCUT2D eigenvalue weighted by atomic mass is 32.2. The van der Waals surface area contributed by atoms with Gasteiger partial charge in [-0.15, -0.1) is 0 Å². The number of hydrogen-bond donors (Lipinski definition) is 3. The minimum atomic E-state index is -3.80. The molecule has 0 atom stereocenters. The van der Waals surface area contributed by atoms with Crippen LogP contribution in [0.3, 0.4) is 0 Å². The lowest BCUT2D eigenvalue weighted by molar-refractivity contribution is 0.400. The van der Waals surface area contributed by atoms with Gasteiger partial charge < -0.3 is 14.8 Å². The zero-order chi connectivity index (χ0) is 13.9. The second-order valence-electron chi connectivity index (χ2n) is 4.00. The summed E-state index contributed by atoms with van der Waals surface area (Å²) in [5, 5.41) is 17.3. The Morgan fingerprint density at radius 1 is 1.16 bits per heavy atom. The fraction of sp³-hybridized carbons (Fsp3) is 0.167. The standard InChI is InChI=1S/C12H14N2O4S/c13-19(16,17)12-6-5-10(18-12)8-14-7-9-3-1-2-4-11(9)15/h1-6,14-15H,7-8H2,(H2,13,16,17). The predicted molar refractivity (Wildman–Crippen MR) is 68.7 cm³/mol. The first-order valence-electron chi connectivity index (χ1n) is 5.56. The Morgan fingerprint density at radius 2 is 1.89 bits per heavy atom. The molecule has 0 aliphatic heterocycles. The minimum Gasteiger partial charge on any atom is -0.508 e. The van der Waals surface area contributed by atoms with E-state index in [1.165, 1.54) is 12.1 Å². The van der Waals surface area contributed by atoms with Gasteiger partial charge in [0.2, 0.25) is 5.09 Å². The summed E-state index contributed by atoms with van der Waals surface area (Å²) in [4.78, 5) is 0. The number of furan rings is 1. The molecule has 4 N–H and O–H groups in total. The number of phenolic OH excluding ortho intramolecular Hbond substituents is 1. The van der Waals surface area contributed by atoms with Gasteiger partial charge in [0, 0.05) is 12.1 Å². The van der Waals surface area contributed by atoms with Crippen LogP contribution in [-0.4, -0.2) is 13.5 Å². The van der Waals surface area contributed by atoms with Crippen LogP contribution >= 0.6 is 0 Å². The fourth-order valence-corrected chi connectivity index (χ4v) is 2.07. The van der Waals surface area contributed by atoms with E-state index in [9.17, 15) is 13.5 Å². The number of nitrogens with two attached hydrogens (primary N) is 1. The second-order valence-corrected chi connectivity index (χ2v) is 5.49. The maximum absolute atomic E-state index is 11.0. The Hall–Kier alpha value is -1.83. The normalized spacial score (nSPS) is 11.6. The molecule has 0 fully saturated rings. The van der Waals surface area contributed by atoms with Crippen molar-refractivity contribution in [3.05, 3.63) is 47.7 Å². The first-order valence-corrected chi connectivity index (χ1v) is 7.10. The molecule has 6 nitrogen and oxygen atoms in total. The van der Waals surface area contributed by atoms with Crippen molar-refractivity contribution < 1.29 is 17.9 Å². The van der Waals surface area contributed by atoms with Gasteiger partial charge in [0.25, 0.3) is 10.0 Å². The number of aromatic hydroxyl groups is 1. The van der Waals surface area contributed by atoms with Crippen molar-refractivity contribution in [1.29, 1.82) is 0 Å². The molecule has 2 rings (SSSR count). The molecule has 0 spiro atoms. The van der Waals surface area contributed by atoms with Crippen molar-refractivity contribution >= 4 is 10.0 Å². The highest BCUT2D eigenvalue weighted by Gasteiger charge is 2.12. The van der Waals surface area contributed by atoms with Crippen LogP contribution in [0.15, 0.2) is 45.9 Å². The lowest BCUT2D eigenvalue weighted by Crippen LogP contribution is -2.13. The molecule has 0 bridgehead atoms. The molecule has 1 aromatic heterocycles. The van der Waals surface area contributed by atoms with Gasteiger partial charge in [-0.05, 0) is 18.2 Å². The molecule has 1 aromatic carbocycles. The van der Waals surface area contributed by atoms with Crippen molar-refractivity contribution in [2.75, 3.05) is 0 Å². The molecular weight excluding hydrogens is 268 g/mol. The summed E-state index contributed by atoms with van der Waals surface area (Å²) in [5.74, 6) is 0.666. The first kappa shape index (κ1) is 13.6. The van der Waals surface area contributed by atoms with Gasteiger partial charge in [0.15, 0.2) is 0 Å². The summed E-state index contributed by atoms with van der Waals surface area (Å²) in [7, 11) is -3.80. The van der Waals surface area contributed by atoms with Crippen LogP contribution in [0.1, 0.15) is 11.3 Å². The average Bonchev–Trinajstić information content (AvgIpc) is 2.80. The zero-order valence-corrected chi connectivity index (χ0v) is 10.9. The zero-order valence-electron chi connectivity index (χ0n) is 10.0. The number of para-hydroxylation sites is 1. The van der Waals surface area contributed by atoms with Crippen LogP contribution in [0, 0.1) is 0 Å². The molecule has 102 valence electrons. The molecule has 0 aliphatic carbocycles. The van der Waals surface area contributed by atoms with E-state index >= 15 is 0 Å². The summed E-state index contributed by atoms with van der Waals surface area (Å²) < 4.78 is 27.1. The summed E-state index contributed by atoms with van der Waals surface area (Å²) in [6.45, 7) is 0.780. The van der Waals surface area contributed by atoms with E-state index < -0.39 is 10.0 Å². The third kappa shape index (κ3) is 3.57. The van der Waals surface area contributed by atoms with E-state index in [0.29, 0.717) is 18.8 Å². The van der Waals surface area contributed by atoms with E-state index in [2.05, 4.69) is 5.32 Å². The van der Waals surface area contributed by atoms with Crippen LogP contribution in [-0.2, 0) is 23.1 Å². The maximum Gasteiger partial charge on any atom is 0.271 e. The number of phenols is 1. The van der Waals surface area contributed by atoms with E-state index in [4.69, 9.17) is 9.56 Å². The second kappa shape index (κ2) is 5.43. The smallest absolute Gasteiger partial charge is 0.271 e. The van der Waals surface area contributed by atoms with Crippen LogP contribution in [0.4, 0.5) is 0 Å². The average molecular weight is 282 g/mol. The van der Waals surface area contributed by atoms with Crippen LogP contribution < -0.4 is 10.5 Å². The predicted octanol–water partition coefficient (Wildman–Crippen LogP) is 0.922. The Balaban J connectivity index is 1.93. The number of primary sulfonamides is 1. The minimum absolute atomic E-state index is 0.208. The molecule has 2 aromatic rings. The molecule has 0 radical (unpaired) electrons. The number of benzene rings is 1. The highest BCUT2D eigenvalue weighted by Crippen LogP contribution is 2.16. The maximum atomic E-state index is 11.0. The molecule has 0 saturated carbocycles. The van der Waals surface area contributed by atoms with Gasteiger partial charge in [-0.3, -0.25) is 0 Å². The summed E-state index contributed by atoms with van der Waals surface area (Å²) in [6, 6.07) is 9.81. The van der Waals surface area contributed by atoms with Crippen molar-refractivity contribution in [2.45, 2.75) is 18.2 Å². The lowest BCUT2D eigenvalue weighted by Gasteiger charge is -2.05. The largest absolute Gasteiger partial charge is 0.508 e. The number of sulfonamides is 1. The third-order valence-corrected chi connectivity index (χ3v) is 3.30. The molecule has 0 amide bonds. The topological polar surface area (TPSA) is 106 Å². The summed E-state index contributed by atoms with van der Waals surface area (Å²) in [6.07, 6.45) is 0. The lowest BCUT2D eigenvalue weighted by atomic mass is 10.2. The van der Waals surface area contributed by atoms with Gasteiger partial charge in [0.1, 0.15) is 11.5 Å². The van der Waals surface area contributed by atoms with Gasteiger partial charge in [0.05, 0.1) is 6.54 Å². The van der Waals surface area contributed by atoms with Crippen LogP contribution in [0.5, 0.6) is 5.75 Å². The molecule has 1 heterocycles. The molecule has 0 saturated heterocycles. The highest BCUT2D eigenvalue weighted by molar-refractivity contribution is 7.89. The number of hydrogen-bond acceptors (Lipinski definition) is 5. The Kier molecular flexibility index (Phi) is 3.89. The summed E-state index contributed by atoms with van der Waals surface area (Å²) >= 11 is 0. The molecule has 0 aliphatic rings. The van der Waals surface area contributed by atoms with E-state index in [0.717, 1.165) is 5.56 Å². The van der Waals surface area contributed by atoms with Crippen molar-refractivity contribution in [3.63, 3.8) is 0 Å². The first-order chi connectivity index (χ1) is 8.97. The summed E-state index contributed by atoms with van der Waals surface area (Å²) in [5.41, 5.74) is 0.751. The SMILES string of the molecule is NS(=O)(=O)c1ccc(CNCc2ccccc2O)o1. The molecule has 19 heavy (non-hydrogen) atoms. The van der Waals surface area contributed by atoms with E-state index in [1.54, 1.807) is 18.2 Å². The van der Waals surface area contributed by atoms with Gasteiger partial charge in [-0.1, -0.05) is 18.2 Å². The Labute approximate surface area is 110 Å². The monoisotopic (exact) mass is 282 g/mol. The number of nitrogens with one attached hydrogen (secondary N) is 1. The van der Waals surface area contributed by atoms with Crippen LogP contribution in [0.25, 0.3) is 0 Å². The quantitative estimate of drug-likeness (QED) is 0.756. The molecular formula is C12H14N2O4S. The molecule has 7 heteroatoms. The van der Waals surface area contributed by atoms with Gasteiger partial charge >= 0.3 is 0 Å². The van der Waals surface area contributed by atoms with Crippen LogP contribution in [0.2, 0.25) is 0 Å². The van der Waals surface area contributed by atoms with Crippen molar-refractivity contribution in [2.24, 2.45) is 5.14 Å². The van der Waals surface area contributed by atoms with Gasteiger partial charge in [-0.2, -0.15) is 0 Å². The van der Waals surface area contributed by atoms with Gasteiger partial charge in [-0.25, -0.2) is 13.6 Å². The Bertz CT molecular complexity index is 664. The van der Waals surface area contributed by atoms with Crippen molar-refractivity contribution in [1.82, 2.24) is 5.32 Å². The number of rotatable bonds is 5. The Morgan fingerprint density at radius 3 is 2.53 bits per heavy atom. The van der Waals surface area contributed by atoms with Crippen molar-refractivity contribution in [3.8, 4) is 5.75 Å². The van der Waals surface area contributed by atoms with E-state index in [-0.39, 0.29) is 10.8 Å². The van der Waals surface area contributed by atoms with E-state index in [1.807, 2.05) is 6.07 Å². The molecule has 0 unspecified atom stereocenters. The third-order valence-electron chi connectivity index (χ3n) is 2.52.